The molecule has 84 valence electrons. The number of hydrogen-bond acceptors (Lipinski definition) is 3. The predicted octanol–water partition coefficient (Wildman–Crippen LogP) is 0.945. The number of carboxylic acids is 1. The molecule has 1 heterocycles. The Labute approximate surface area is 93.0 Å². The minimum absolute atomic E-state index is 0.409. The van der Waals surface area contributed by atoms with Gasteiger partial charge in [0.05, 0.1) is 5.69 Å². The van der Waals surface area contributed by atoms with Gasteiger partial charge in [0.2, 0.25) is 0 Å². The van der Waals surface area contributed by atoms with Gasteiger partial charge in [-0.1, -0.05) is 11.6 Å². The summed E-state index contributed by atoms with van der Waals surface area (Å²) < 4.78 is 1.57. The zero-order valence-corrected chi connectivity index (χ0v) is 9.67. The summed E-state index contributed by atoms with van der Waals surface area (Å²) in [6.45, 7) is 3.84. The second kappa shape index (κ2) is 4.63. The van der Waals surface area contributed by atoms with Crippen LogP contribution in [0.5, 0.6) is 0 Å². The van der Waals surface area contributed by atoms with E-state index >= 15 is 0 Å². The van der Waals surface area contributed by atoms with Gasteiger partial charge in [-0.15, -0.1) is 0 Å². The smallest absolute Gasteiger partial charge is 0.320 e. The minimum atomic E-state index is -0.882. The monoisotopic (exact) mass is 231 g/mol. The van der Waals surface area contributed by atoms with Gasteiger partial charge >= 0.3 is 5.97 Å². The Kier molecular flexibility index (Phi) is 3.71. The average molecular weight is 232 g/mol. The van der Waals surface area contributed by atoms with Crippen molar-refractivity contribution in [1.82, 2.24) is 15.1 Å². The van der Waals surface area contributed by atoms with Crippen molar-refractivity contribution in [2.75, 3.05) is 0 Å². The molecule has 5 nitrogen and oxygen atoms in total. The molecule has 1 unspecified atom stereocenters. The Morgan fingerprint density at radius 3 is 2.73 bits per heavy atom. The number of nitrogens with zero attached hydrogens (tertiary/aromatic N) is 2. The molecule has 15 heavy (non-hydrogen) atoms. The molecule has 0 bridgehead atoms. The summed E-state index contributed by atoms with van der Waals surface area (Å²) in [4.78, 5) is 10.6. The number of hydrogen-bond donors (Lipinski definition) is 2. The van der Waals surface area contributed by atoms with Crippen LogP contribution in [0.25, 0.3) is 0 Å². The van der Waals surface area contributed by atoms with E-state index in [0.29, 0.717) is 11.7 Å². The number of aliphatic carboxylic acids is 1. The molecule has 0 saturated carbocycles. The fourth-order valence-electron chi connectivity index (χ4n) is 1.22. The van der Waals surface area contributed by atoms with Gasteiger partial charge < -0.3 is 10.4 Å². The molecule has 0 fully saturated rings. The molecule has 0 aliphatic carbocycles. The number of carboxylic acid groups (broad SMARTS) is 1. The lowest BCUT2D eigenvalue weighted by Gasteiger charge is -2.08. The molecule has 0 amide bonds. The maximum Gasteiger partial charge on any atom is 0.320 e. The van der Waals surface area contributed by atoms with Crippen molar-refractivity contribution < 1.29 is 9.90 Å². The summed E-state index contributed by atoms with van der Waals surface area (Å²) >= 11 is 5.99. The first-order chi connectivity index (χ1) is 6.93. The van der Waals surface area contributed by atoms with Crippen molar-refractivity contribution in [3.63, 3.8) is 0 Å². The van der Waals surface area contributed by atoms with Crippen LogP contribution in [-0.2, 0) is 18.4 Å². The van der Waals surface area contributed by atoms with Gasteiger partial charge in [-0.2, -0.15) is 5.10 Å². The molecular formula is C9H14ClN3O2. The number of rotatable bonds is 4. The van der Waals surface area contributed by atoms with Crippen molar-refractivity contribution in [1.29, 1.82) is 0 Å². The predicted molar refractivity (Wildman–Crippen MR) is 56.9 cm³/mol. The third-order valence-electron chi connectivity index (χ3n) is 2.23. The van der Waals surface area contributed by atoms with Crippen LogP contribution in [0.2, 0.25) is 5.15 Å². The molecule has 2 N–H and O–H groups in total. The number of carbonyl (C=O) groups is 1. The van der Waals surface area contributed by atoms with E-state index in [1.807, 2.05) is 6.92 Å². The molecule has 0 spiro atoms. The highest BCUT2D eigenvalue weighted by Gasteiger charge is 2.14. The van der Waals surface area contributed by atoms with Gasteiger partial charge in [-0.3, -0.25) is 9.48 Å². The van der Waals surface area contributed by atoms with E-state index in [9.17, 15) is 4.79 Å². The molecule has 0 aromatic carbocycles. The van der Waals surface area contributed by atoms with E-state index in [-0.39, 0.29) is 0 Å². The lowest BCUT2D eigenvalue weighted by Crippen LogP contribution is -2.33. The fraction of sp³-hybridized carbons (Fsp3) is 0.556. The van der Waals surface area contributed by atoms with Gasteiger partial charge in [0.15, 0.2) is 0 Å². The summed E-state index contributed by atoms with van der Waals surface area (Å²) in [6.07, 6.45) is 0. The first-order valence-electron chi connectivity index (χ1n) is 4.57. The second-order valence-corrected chi connectivity index (χ2v) is 3.78. The highest BCUT2D eigenvalue weighted by molar-refractivity contribution is 6.30. The average Bonchev–Trinajstić information content (AvgIpc) is 2.38. The highest BCUT2D eigenvalue weighted by atomic mass is 35.5. The van der Waals surface area contributed by atoms with Crippen LogP contribution < -0.4 is 5.32 Å². The van der Waals surface area contributed by atoms with Crippen LogP contribution >= 0.6 is 11.6 Å². The van der Waals surface area contributed by atoms with E-state index in [1.165, 1.54) is 0 Å². The number of halogens is 1. The lowest BCUT2D eigenvalue weighted by molar-refractivity contribution is -0.139. The summed E-state index contributed by atoms with van der Waals surface area (Å²) in [6, 6.07) is -0.597. The number of aryl methyl sites for hydroxylation is 2. The number of nitrogens with one attached hydrogen (secondary N) is 1. The SMILES string of the molecule is Cc1nn(C)c(Cl)c1CNC(C)C(=O)O. The van der Waals surface area contributed by atoms with Crippen molar-refractivity contribution >= 4 is 17.6 Å². The Morgan fingerprint density at radius 2 is 2.33 bits per heavy atom. The van der Waals surface area contributed by atoms with Crippen molar-refractivity contribution in [2.45, 2.75) is 26.4 Å². The minimum Gasteiger partial charge on any atom is -0.480 e. The van der Waals surface area contributed by atoms with Crippen LogP contribution in [0.15, 0.2) is 0 Å². The molecule has 1 atom stereocenters. The molecule has 1 aromatic heterocycles. The van der Waals surface area contributed by atoms with E-state index in [0.717, 1.165) is 11.3 Å². The standard InChI is InChI=1S/C9H14ClN3O2/c1-5-7(8(10)13(3)12-5)4-11-6(2)9(14)15/h6,11H,4H2,1-3H3,(H,14,15). The highest BCUT2D eigenvalue weighted by Crippen LogP contribution is 2.18. The topological polar surface area (TPSA) is 67.2 Å². The Balaban J connectivity index is 2.69. The maximum atomic E-state index is 10.6. The molecule has 6 heteroatoms. The van der Waals surface area contributed by atoms with Gasteiger partial charge in [0.25, 0.3) is 0 Å². The normalized spacial score (nSPS) is 12.8. The van der Waals surface area contributed by atoms with Crippen LogP contribution in [-0.4, -0.2) is 26.9 Å². The Hall–Kier alpha value is -1.07. The molecule has 1 aromatic rings. The zero-order valence-electron chi connectivity index (χ0n) is 8.91. The zero-order chi connectivity index (χ0) is 11.6. The molecule has 0 saturated heterocycles. The van der Waals surface area contributed by atoms with Crippen LogP contribution in [0.1, 0.15) is 18.2 Å². The largest absolute Gasteiger partial charge is 0.480 e. The van der Waals surface area contributed by atoms with Crippen molar-refractivity contribution in [3.05, 3.63) is 16.4 Å². The summed E-state index contributed by atoms with van der Waals surface area (Å²) in [7, 11) is 1.75. The van der Waals surface area contributed by atoms with Crippen LogP contribution in [0, 0.1) is 6.92 Å². The van der Waals surface area contributed by atoms with Gasteiger partial charge in [-0.05, 0) is 13.8 Å². The van der Waals surface area contributed by atoms with Crippen molar-refractivity contribution in [2.24, 2.45) is 7.05 Å². The lowest BCUT2D eigenvalue weighted by atomic mass is 10.2. The maximum absolute atomic E-state index is 10.6. The summed E-state index contributed by atoms with van der Waals surface area (Å²) in [5.41, 5.74) is 1.65. The second-order valence-electron chi connectivity index (χ2n) is 3.42. The molecule has 0 aliphatic heterocycles. The van der Waals surface area contributed by atoms with Crippen LogP contribution in [0.4, 0.5) is 0 Å². The Bertz CT molecular complexity index is 376. The first-order valence-corrected chi connectivity index (χ1v) is 4.95. The Morgan fingerprint density at radius 1 is 1.73 bits per heavy atom. The third kappa shape index (κ3) is 2.70. The quantitative estimate of drug-likeness (QED) is 0.810. The molecular weight excluding hydrogens is 218 g/mol. The van der Waals surface area contributed by atoms with E-state index in [1.54, 1.807) is 18.7 Å². The van der Waals surface area contributed by atoms with E-state index in [4.69, 9.17) is 16.7 Å². The summed E-state index contributed by atoms with van der Waals surface area (Å²) in [5.74, 6) is -0.882. The van der Waals surface area contributed by atoms with E-state index < -0.39 is 12.0 Å². The van der Waals surface area contributed by atoms with Crippen LogP contribution in [0.3, 0.4) is 0 Å². The van der Waals surface area contributed by atoms with Gasteiger partial charge in [-0.25, -0.2) is 0 Å². The van der Waals surface area contributed by atoms with Crippen molar-refractivity contribution in [3.8, 4) is 0 Å². The van der Waals surface area contributed by atoms with Gasteiger partial charge in [0.1, 0.15) is 11.2 Å². The summed E-state index contributed by atoms with van der Waals surface area (Å²) in [5, 5.41) is 16.2. The molecule has 1 rings (SSSR count). The molecule has 0 aliphatic rings. The fourth-order valence-corrected chi connectivity index (χ4v) is 1.46. The number of aromatic nitrogens is 2. The first kappa shape index (κ1) is 12.0. The third-order valence-corrected chi connectivity index (χ3v) is 2.70. The van der Waals surface area contributed by atoms with E-state index in [2.05, 4.69) is 10.4 Å². The van der Waals surface area contributed by atoms with Gasteiger partial charge in [0, 0.05) is 19.2 Å². The molecule has 0 radical (unpaired) electrons.